The van der Waals surface area contributed by atoms with Crippen molar-refractivity contribution >= 4 is 11.0 Å². The molecule has 0 aliphatic heterocycles. The van der Waals surface area contributed by atoms with Crippen LogP contribution in [0.1, 0.15) is 24.3 Å². The van der Waals surface area contributed by atoms with Crippen LogP contribution in [0.4, 0.5) is 4.39 Å². The molecular weight excluding hydrogens is 181 g/mol. The third-order valence-electron chi connectivity index (χ3n) is 2.23. The minimum atomic E-state index is -0.243. The summed E-state index contributed by atoms with van der Waals surface area (Å²) >= 11 is 0. The number of hydrogen-bond donors (Lipinski definition) is 1. The second kappa shape index (κ2) is 3.10. The van der Waals surface area contributed by atoms with E-state index in [-0.39, 0.29) is 11.9 Å². The van der Waals surface area contributed by atoms with Gasteiger partial charge in [0.25, 0.3) is 0 Å². The second-order valence-electron chi connectivity index (χ2n) is 3.58. The highest BCUT2D eigenvalue weighted by Crippen LogP contribution is 2.26. The van der Waals surface area contributed by atoms with Gasteiger partial charge in [0.1, 0.15) is 17.2 Å². The molecule has 0 saturated heterocycles. The molecule has 0 saturated carbocycles. The molecule has 1 unspecified atom stereocenters. The first kappa shape index (κ1) is 9.21. The Labute approximate surface area is 81.5 Å². The molecule has 0 amide bonds. The number of furan rings is 1. The Morgan fingerprint density at radius 1 is 1.36 bits per heavy atom. The zero-order chi connectivity index (χ0) is 10.3. The Morgan fingerprint density at radius 3 is 2.71 bits per heavy atom. The number of rotatable bonds is 1. The van der Waals surface area contributed by atoms with Gasteiger partial charge in [0.15, 0.2) is 0 Å². The quantitative estimate of drug-likeness (QED) is 0.756. The molecular formula is C11H12FNO. The molecule has 0 radical (unpaired) electrons. The maximum absolute atomic E-state index is 13.0. The van der Waals surface area contributed by atoms with Crippen LogP contribution in [-0.4, -0.2) is 0 Å². The molecule has 1 heterocycles. The molecule has 2 N–H and O–H groups in total. The third-order valence-corrected chi connectivity index (χ3v) is 2.23. The number of hydrogen-bond acceptors (Lipinski definition) is 2. The molecule has 1 aromatic carbocycles. The predicted octanol–water partition coefficient (Wildman–Crippen LogP) is 2.90. The van der Waals surface area contributed by atoms with Gasteiger partial charge in [0, 0.05) is 5.39 Å². The van der Waals surface area contributed by atoms with Gasteiger partial charge in [-0.05, 0) is 37.6 Å². The van der Waals surface area contributed by atoms with E-state index in [1.807, 2.05) is 13.8 Å². The van der Waals surface area contributed by atoms with E-state index in [1.165, 1.54) is 12.1 Å². The highest BCUT2D eigenvalue weighted by molar-refractivity contribution is 5.81. The summed E-state index contributed by atoms with van der Waals surface area (Å²) in [6.07, 6.45) is 0. The predicted molar refractivity (Wildman–Crippen MR) is 53.5 cm³/mol. The first-order valence-corrected chi connectivity index (χ1v) is 4.53. The van der Waals surface area contributed by atoms with Gasteiger partial charge >= 0.3 is 0 Å². The number of aryl methyl sites for hydroxylation is 1. The van der Waals surface area contributed by atoms with E-state index in [1.54, 1.807) is 6.07 Å². The van der Waals surface area contributed by atoms with Gasteiger partial charge < -0.3 is 10.2 Å². The Hall–Kier alpha value is -1.35. The van der Waals surface area contributed by atoms with Gasteiger partial charge in [-0.15, -0.1) is 0 Å². The third kappa shape index (κ3) is 1.40. The van der Waals surface area contributed by atoms with Gasteiger partial charge in [-0.2, -0.15) is 0 Å². The van der Waals surface area contributed by atoms with E-state index in [0.29, 0.717) is 5.76 Å². The van der Waals surface area contributed by atoms with Gasteiger partial charge in [-0.3, -0.25) is 0 Å². The van der Waals surface area contributed by atoms with Crippen LogP contribution < -0.4 is 5.73 Å². The first-order chi connectivity index (χ1) is 6.58. The van der Waals surface area contributed by atoms with Crippen molar-refractivity contribution in [1.29, 1.82) is 0 Å². The fourth-order valence-electron chi connectivity index (χ4n) is 1.53. The normalized spacial score (nSPS) is 13.4. The highest BCUT2D eigenvalue weighted by Gasteiger charge is 2.10. The van der Waals surface area contributed by atoms with E-state index in [9.17, 15) is 4.39 Å². The lowest BCUT2D eigenvalue weighted by molar-refractivity contribution is 0.511. The highest BCUT2D eigenvalue weighted by atomic mass is 19.1. The molecule has 74 valence electrons. The summed E-state index contributed by atoms with van der Waals surface area (Å²) in [6.45, 7) is 3.66. The molecule has 0 aliphatic carbocycles. The Morgan fingerprint density at radius 2 is 2.07 bits per heavy atom. The van der Waals surface area contributed by atoms with E-state index < -0.39 is 0 Å². The fraction of sp³-hybridized carbons (Fsp3) is 0.273. The summed E-state index contributed by atoms with van der Waals surface area (Å²) in [5, 5.41) is 0.773. The molecule has 2 nitrogen and oxygen atoms in total. The topological polar surface area (TPSA) is 39.2 Å². The second-order valence-corrected chi connectivity index (χ2v) is 3.58. The first-order valence-electron chi connectivity index (χ1n) is 4.53. The Balaban J connectivity index is 2.70. The summed E-state index contributed by atoms with van der Waals surface area (Å²) < 4.78 is 18.6. The molecule has 0 aliphatic rings. The molecule has 1 atom stereocenters. The molecule has 3 heteroatoms. The largest absolute Gasteiger partial charge is 0.459 e. The molecule has 2 rings (SSSR count). The van der Waals surface area contributed by atoms with Crippen LogP contribution >= 0.6 is 0 Å². The lowest BCUT2D eigenvalue weighted by atomic mass is 10.1. The standard InChI is InChI=1S/C11H12FNO/c1-6-3-9(12)4-8-5-10(7(2)13)14-11(6)8/h3-5,7H,13H2,1-2H3. The van der Waals surface area contributed by atoms with E-state index >= 15 is 0 Å². The van der Waals surface area contributed by atoms with Crippen molar-refractivity contribution in [3.05, 3.63) is 35.3 Å². The maximum atomic E-state index is 13.0. The number of benzene rings is 1. The zero-order valence-corrected chi connectivity index (χ0v) is 8.17. The van der Waals surface area contributed by atoms with E-state index in [0.717, 1.165) is 16.5 Å². The van der Waals surface area contributed by atoms with Gasteiger partial charge in [0.2, 0.25) is 0 Å². The van der Waals surface area contributed by atoms with Gasteiger partial charge in [-0.25, -0.2) is 4.39 Å². The van der Waals surface area contributed by atoms with Crippen LogP contribution in [0.5, 0.6) is 0 Å². The SMILES string of the molecule is Cc1cc(F)cc2cc(C(C)N)oc12. The van der Waals surface area contributed by atoms with Crippen LogP contribution in [0.25, 0.3) is 11.0 Å². The molecule has 0 spiro atoms. The Kier molecular flexibility index (Phi) is 2.04. The van der Waals surface area contributed by atoms with Crippen molar-refractivity contribution in [2.75, 3.05) is 0 Å². The number of fused-ring (bicyclic) bond motifs is 1. The molecule has 2 aromatic rings. The Bertz CT molecular complexity index is 473. The summed E-state index contributed by atoms with van der Waals surface area (Å²) in [5.41, 5.74) is 7.20. The maximum Gasteiger partial charge on any atom is 0.137 e. The van der Waals surface area contributed by atoms with Crippen molar-refractivity contribution in [3.8, 4) is 0 Å². The minimum absolute atomic E-state index is 0.162. The van der Waals surface area contributed by atoms with Crippen LogP contribution in [0.3, 0.4) is 0 Å². The zero-order valence-electron chi connectivity index (χ0n) is 8.17. The summed E-state index contributed by atoms with van der Waals surface area (Å²) in [5.74, 6) is 0.445. The van der Waals surface area contributed by atoms with Crippen molar-refractivity contribution in [2.24, 2.45) is 5.73 Å². The summed E-state index contributed by atoms with van der Waals surface area (Å²) in [6, 6.07) is 4.54. The summed E-state index contributed by atoms with van der Waals surface area (Å²) in [4.78, 5) is 0. The van der Waals surface area contributed by atoms with Crippen LogP contribution in [-0.2, 0) is 0 Å². The fourth-order valence-corrected chi connectivity index (χ4v) is 1.53. The van der Waals surface area contributed by atoms with Crippen molar-refractivity contribution in [2.45, 2.75) is 19.9 Å². The van der Waals surface area contributed by atoms with E-state index in [2.05, 4.69) is 0 Å². The molecule has 1 aromatic heterocycles. The van der Waals surface area contributed by atoms with Crippen molar-refractivity contribution in [3.63, 3.8) is 0 Å². The molecule has 0 fully saturated rings. The average Bonchev–Trinajstić information content (AvgIpc) is 2.47. The monoisotopic (exact) mass is 193 g/mol. The minimum Gasteiger partial charge on any atom is -0.459 e. The van der Waals surface area contributed by atoms with Crippen LogP contribution in [0, 0.1) is 12.7 Å². The van der Waals surface area contributed by atoms with Gasteiger partial charge in [-0.1, -0.05) is 0 Å². The van der Waals surface area contributed by atoms with Gasteiger partial charge in [0.05, 0.1) is 6.04 Å². The van der Waals surface area contributed by atoms with Crippen molar-refractivity contribution in [1.82, 2.24) is 0 Å². The van der Waals surface area contributed by atoms with E-state index in [4.69, 9.17) is 10.2 Å². The smallest absolute Gasteiger partial charge is 0.137 e. The lowest BCUT2D eigenvalue weighted by Gasteiger charge is -1.97. The number of halogens is 1. The molecule has 0 bridgehead atoms. The van der Waals surface area contributed by atoms with Crippen LogP contribution in [0.15, 0.2) is 22.6 Å². The lowest BCUT2D eigenvalue weighted by Crippen LogP contribution is -2.02. The van der Waals surface area contributed by atoms with Crippen molar-refractivity contribution < 1.29 is 8.81 Å². The summed E-state index contributed by atoms with van der Waals surface area (Å²) in [7, 11) is 0. The average molecular weight is 193 g/mol. The molecule has 14 heavy (non-hydrogen) atoms. The van der Waals surface area contributed by atoms with Crippen LogP contribution in [0.2, 0.25) is 0 Å². The number of nitrogens with two attached hydrogens (primary N) is 1.